The van der Waals surface area contributed by atoms with Gasteiger partial charge in [0.05, 0.1) is 12.0 Å². The Balaban J connectivity index is 2.64. The van der Waals surface area contributed by atoms with Gasteiger partial charge in [-0.25, -0.2) is 0 Å². The van der Waals surface area contributed by atoms with Gasteiger partial charge >= 0.3 is 0 Å². The van der Waals surface area contributed by atoms with E-state index in [1.165, 1.54) is 0 Å². The Morgan fingerprint density at radius 2 is 2.42 bits per heavy atom. The molecule has 0 amide bonds. The van der Waals surface area contributed by atoms with Crippen LogP contribution in [0.1, 0.15) is 20.3 Å². The van der Waals surface area contributed by atoms with Gasteiger partial charge in [-0.2, -0.15) is 5.26 Å². The quantitative estimate of drug-likeness (QED) is 0.582. The second-order valence-electron chi connectivity index (χ2n) is 4.04. The molecule has 0 aromatic heterocycles. The molecule has 1 unspecified atom stereocenters. The fourth-order valence-corrected chi connectivity index (χ4v) is 1.87. The van der Waals surface area contributed by atoms with Gasteiger partial charge in [-0.15, -0.1) is 6.58 Å². The van der Waals surface area contributed by atoms with Crippen LogP contribution in [-0.2, 0) is 0 Å². The van der Waals surface area contributed by atoms with Crippen LogP contribution < -0.4 is 0 Å². The lowest BCUT2D eigenvalue weighted by molar-refractivity contribution is 0.195. The van der Waals surface area contributed by atoms with E-state index >= 15 is 0 Å². The molecule has 1 heterocycles. The Morgan fingerprint density at radius 1 is 1.75 bits per heavy atom. The normalized spacial score (nSPS) is 28.2. The Labute approximate surface area is 74.5 Å². The molecule has 1 aliphatic heterocycles. The minimum absolute atomic E-state index is 0.175. The summed E-state index contributed by atoms with van der Waals surface area (Å²) in [6, 6.07) is 2.33. The van der Waals surface area contributed by atoms with Gasteiger partial charge in [0.15, 0.2) is 0 Å². The van der Waals surface area contributed by atoms with Crippen LogP contribution in [0.4, 0.5) is 0 Å². The largest absolute Gasteiger partial charge is 0.293 e. The highest BCUT2D eigenvalue weighted by Crippen LogP contribution is 2.31. The minimum atomic E-state index is 0.175. The molecule has 0 bridgehead atoms. The van der Waals surface area contributed by atoms with Crippen LogP contribution in [0.2, 0.25) is 0 Å². The first-order valence-electron chi connectivity index (χ1n) is 4.35. The Morgan fingerprint density at radius 3 is 2.83 bits per heavy atom. The molecule has 0 spiro atoms. The van der Waals surface area contributed by atoms with Crippen molar-refractivity contribution in [2.24, 2.45) is 5.92 Å². The van der Waals surface area contributed by atoms with Gasteiger partial charge in [-0.1, -0.05) is 6.08 Å². The van der Waals surface area contributed by atoms with E-state index in [4.69, 9.17) is 5.26 Å². The highest BCUT2D eigenvalue weighted by Gasteiger charge is 2.37. The molecule has 2 nitrogen and oxygen atoms in total. The van der Waals surface area contributed by atoms with Crippen LogP contribution in [0.15, 0.2) is 12.7 Å². The lowest BCUT2D eigenvalue weighted by Crippen LogP contribution is -2.37. The van der Waals surface area contributed by atoms with E-state index in [2.05, 4.69) is 31.4 Å². The van der Waals surface area contributed by atoms with Gasteiger partial charge in [0.2, 0.25) is 0 Å². The van der Waals surface area contributed by atoms with Crippen molar-refractivity contribution >= 4 is 0 Å². The number of likely N-dealkylation sites (tertiary alicyclic amines) is 1. The van der Waals surface area contributed by atoms with E-state index in [0.717, 1.165) is 19.5 Å². The lowest BCUT2D eigenvalue weighted by Gasteiger charge is -2.29. The first kappa shape index (κ1) is 9.28. The number of hydrogen-bond donors (Lipinski definition) is 0. The van der Waals surface area contributed by atoms with E-state index < -0.39 is 0 Å². The van der Waals surface area contributed by atoms with Gasteiger partial charge in [-0.05, 0) is 20.3 Å². The van der Waals surface area contributed by atoms with Crippen LogP contribution >= 0.6 is 0 Å². The van der Waals surface area contributed by atoms with Gasteiger partial charge < -0.3 is 0 Å². The van der Waals surface area contributed by atoms with Crippen molar-refractivity contribution in [3.8, 4) is 6.07 Å². The zero-order valence-electron chi connectivity index (χ0n) is 7.88. The van der Waals surface area contributed by atoms with Crippen molar-refractivity contribution in [2.75, 3.05) is 13.1 Å². The summed E-state index contributed by atoms with van der Waals surface area (Å²) in [6.07, 6.45) is 2.89. The van der Waals surface area contributed by atoms with Crippen LogP contribution in [0, 0.1) is 17.2 Å². The maximum Gasteiger partial charge on any atom is 0.0670 e. The fraction of sp³-hybridized carbons (Fsp3) is 0.700. The molecule has 66 valence electrons. The average Bonchev–Trinajstić information content (AvgIpc) is 2.28. The summed E-state index contributed by atoms with van der Waals surface area (Å²) < 4.78 is 0. The van der Waals surface area contributed by atoms with Crippen LogP contribution in [0.5, 0.6) is 0 Å². The summed E-state index contributed by atoms with van der Waals surface area (Å²) in [7, 11) is 0. The van der Waals surface area contributed by atoms with E-state index in [1.807, 2.05) is 6.08 Å². The fourth-order valence-electron chi connectivity index (χ4n) is 1.87. The van der Waals surface area contributed by atoms with Crippen molar-refractivity contribution in [3.63, 3.8) is 0 Å². The Kier molecular flexibility index (Phi) is 2.54. The summed E-state index contributed by atoms with van der Waals surface area (Å²) in [5, 5.41) is 8.78. The lowest BCUT2D eigenvalue weighted by atomic mass is 9.97. The third kappa shape index (κ3) is 1.67. The van der Waals surface area contributed by atoms with E-state index in [0.29, 0.717) is 0 Å². The zero-order chi connectivity index (χ0) is 9.19. The maximum absolute atomic E-state index is 8.78. The number of rotatable bonds is 2. The Hall–Kier alpha value is -0.810. The molecular weight excluding hydrogens is 148 g/mol. The molecule has 1 atom stereocenters. The molecule has 1 saturated heterocycles. The Bertz CT molecular complexity index is 212. The third-order valence-electron chi connectivity index (χ3n) is 2.57. The van der Waals surface area contributed by atoms with E-state index in [9.17, 15) is 0 Å². The predicted octanol–water partition coefficient (Wildman–Crippen LogP) is 1.80. The molecule has 2 heteroatoms. The topological polar surface area (TPSA) is 27.0 Å². The first-order chi connectivity index (χ1) is 5.60. The van der Waals surface area contributed by atoms with Gasteiger partial charge in [0, 0.05) is 18.6 Å². The predicted molar refractivity (Wildman–Crippen MR) is 49.6 cm³/mol. The van der Waals surface area contributed by atoms with E-state index in [1.54, 1.807) is 0 Å². The highest BCUT2D eigenvalue weighted by molar-refractivity contribution is 5.02. The summed E-state index contributed by atoms with van der Waals surface area (Å²) in [5.41, 5.74) is 0.175. The first-order valence-corrected chi connectivity index (χ1v) is 4.35. The van der Waals surface area contributed by atoms with Crippen LogP contribution in [0.3, 0.4) is 0 Å². The van der Waals surface area contributed by atoms with Crippen molar-refractivity contribution in [1.82, 2.24) is 4.90 Å². The summed E-state index contributed by atoms with van der Waals surface area (Å²) in [5.74, 6) is 0.208. The number of nitrogens with zero attached hydrogens (tertiary/aromatic N) is 2. The van der Waals surface area contributed by atoms with Crippen molar-refractivity contribution in [3.05, 3.63) is 12.7 Å². The number of nitriles is 1. The van der Waals surface area contributed by atoms with Crippen LogP contribution in [0.25, 0.3) is 0 Å². The van der Waals surface area contributed by atoms with E-state index in [-0.39, 0.29) is 11.5 Å². The van der Waals surface area contributed by atoms with Crippen molar-refractivity contribution in [1.29, 1.82) is 5.26 Å². The summed E-state index contributed by atoms with van der Waals surface area (Å²) >= 11 is 0. The third-order valence-corrected chi connectivity index (χ3v) is 2.57. The smallest absolute Gasteiger partial charge is 0.0670 e. The highest BCUT2D eigenvalue weighted by atomic mass is 15.2. The zero-order valence-corrected chi connectivity index (χ0v) is 7.88. The molecule has 1 fully saturated rings. The van der Waals surface area contributed by atoms with Crippen LogP contribution in [-0.4, -0.2) is 23.5 Å². The van der Waals surface area contributed by atoms with Gasteiger partial charge in [-0.3, -0.25) is 4.90 Å². The molecular formula is C10H16N2. The molecule has 1 rings (SSSR count). The monoisotopic (exact) mass is 164 g/mol. The van der Waals surface area contributed by atoms with Crippen molar-refractivity contribution < 1.29 is 0 Å². The molecule has 0 N–H and O–H groups in total. The standard InChI is InChI=1S/C10H16N2/c1-4-5-12-8-9(7-11)6-10(12,2)3/h4,9H,1,5-6,8H2,2-3H3. The SMILES string of the molecule is C=CCN1CC(C#N)CC1(C)C. The van der Waals surface area contributed by atoms with Crippen molar-refractivity contribution in [2.45, 2.75) is 25.8 Å². The number of hydrogen-bond acceptors (Lipinski definition) is 2. The summed E-state index contributed by atoms with van der Waals surface area (Å²) in [6.45, 7) is 9.89. The molecule has 12 heavy (non-hydrogen) atoms. The molecule has 0 aliphatic carbocycles. The molecule has 0 aromatic carbocycles. The average molecular weight is 164 g/mol. The maximum atomic E-state index is 8.78. The molecule has 0 aromatic rings. The second kappa shape index (κ2) is 3.28. The molecule has 0 saturated carbocycles. The second-order valence-corrected chi connectivity index (χ2v) is 4.04. The van der Waals surface area contributed by atoms with Gasteiger partial charge in [0.1, 0.15) is 0 Å². The molecule has 1 aliphatic rings. The summed E-state index contributed by atoms with van der Waals surface area (Å²) in [4.78, 5) is 2.31. The minimum Gasteiger partial charge on any atom is -0.293 e. The van der Waals surface area contributed by atoms with Gasteiger partial charge in [0.25, 0.3) is 0 Å². The molecule has 0 radical (unpaired) electrons.